The van der Waals surface area contributed by atoms with Gasteiger partial charge in [-0.3, -0.25) is 9.89 Å². The molecule has 1 heterocycles. The van der Waals surface area contributed by atoms with Gasteiger partial charge < -0.3 is 16.4 Å². The van der Waals surface area contributed by atoms with Crippen LogP contribution in [-0.4, -0.2) is 22.6 Å². The van der Waals surface area contributed by atoms with E-state index in [1.54, 1.807) is 24.4 Å². The first-order chi connectivity index (χ1) is 9.20. The second-order valence-electron chi connectivity index (χ2n) is 4.10. The van der Waals surface area contributed by atoms with E-state index in [2.05, 4.69) is 20.8 Å². The van der Waals surface area contributed by atoms with Crippen molar-refractivity contribution >= 4 is 17.3 Å². The SMILES string of the molecule is CCNC(=O)c1ccc(NCc2ccn[nH]2)c(N)c1. The van der Waals surface area contributed by atoms with E-state index in [0.717, 1.165) is 11.4 Å². The minimum absolute atomic E-state index is 0.116. The van der Waals surface area contributed by atoms with Gasteiger partial charge in [-0.15, -0.1) is 0 Å². The van der Waals surface area contributed by atoms with Gasteiger partial charge in [-0.2, -0.15) is 5.10 Å². The zero-order chi connectivity index (χ0) is 13.7. The molecule has 0 aliphatic rings. The fourth-order valence-corrected chi connectivity index (χ4v) is 1.70. The fourth-order valence-electron chi connectivity index (χ4n) is 1.70. The summed E-state index contributed by atoms with van der Waals surface area (Å²) in [5.41, 5.74) is 8.79. The molecule has 0 aliphatic carbocycles. The minimum Gasteiger partial charge on any atom is -0.397 e. The van der Waals surface area contributed by atoms with E-state index in [1.807, 2.05) is 13.0 Å². The Morgan fingerprint density at radius 2 is 2.26 bits per heavy atom. The van der Waals surface area contributed by atoms with E-state index in [-0.39, 0.29) is 5.91 Å². The fraction of sp³-hybridized carbons (Fsp3) is 0.231. The number of H-pyrrole nitrogens is 1. The van der Waals surface area contributed by atoms with Crippen LogP contribution < -0.4 is 16.4 Å². The highest BCUT2D eigenvalue weighted by Crippen LogP contribution is 2.20. The first-order valence-corrected chi connectivity index (χ1v) is 6.10. The van der Waals surface area contributed by atoms with E-state index in [1.165, 1.54) is 0 Å². The van der Waals surface area contributed by atoms with Crippen molar-refractivity contribution in [2.24, 2.45) is 0 Å². The number of anilines is 2. The number of nitrogens with one attached hydrogen (secondary N) is 3. The highest BCUT2D eigenvalue weighted by molar-refractivity contribution is 5.96. The summed E-state index contributed by atoms with van der Waals surface area (Å²) < 4.78 is 0. The summed E-state index contributed by atoms with van der Waals surface area (Å²) in [7, 11) is 0. The summed E-state index contributed by atoms with van der Waals surface area (Å²) in [6.07, 6.45) is 1.69. The number of amides is 1. The number of carbonyl (C=O) groups excluding carboxylic acids is 1. The molecule has 0 spiro atoms. The molecule has 0 saturated carbocycles. The maximum absolute atomic E-state index is 11.7. The van der Waals surface area contributed by atoms with E-state index in [0.29, 0.717) is 24.3 Å². The van der Waals surface area contributed by atoms with Crippen LogP contribution in [0, 0.1) is 0 Å². The average Bonchev–Trinajstić information content (AvgIpc) is 2.90. The molecular formula is C13H17N5O. The van der Waals surface area contributed by atoms with Gasteiger partial charge in [0.25, 0.3) is 5.91 Å². The first-order valence-electron chi connectivity index (χ1n) is 6.10. The maximum atomic E-state index is 11.7. The molecule has 0 aliphatic heterocycles. The van der Waals surface area contributed by atoms with Gasteiger partial charge in [0.2, 0.25) is 0 Å². The lowest BCUT2D eigenvalue weighted by Gasteiger charge is -2.10. The summed E-state index contributed by atoms with van der Waals surface area (Å²) in [6, 6.07) is 7.10. The number of nitrogen functional groups attached to an aromatic ring is 1. The maximum Gasteiger partial charge on any atom is 0.251 e. The molecule has 0 fully saturated rings. The molecule has 6 heteroatoms. The van der Waals surface area contributed by atoms with Gasteiger partial charge in [-0.25, -0.2) is 0 Å². The van der Waals surface area contributed by atoms with Crippen LogP contribution >= 0.6 is 0 Å². The summed E-state index contributed by atoms with van der Waals surface area (Å²) in [5.74, 6) is -0.116. The topological polar surface area (TPSA) is 95.8 Å². The van der Waals surface area contributed by atoms with Gasteiger partial charge in [-0.05, 0) is 31.2 Å². The molecule has 100 valence electrons. The quantitative estimate of drug-likeness (QED) is 0.609. The second kappa shape index (κ2) is 5.90. The van der Waals surface area contributed by atoms with Gasteiger partial charge in [0.1, 0.15) is 0 Å². The lowest BCUT2D eigenvalue weighted by Crippen LogP contribution is -2.22. The smallest absolute Gasteiger partial charge is 0.251 e. The molecule has 1 amide bonds. The van der Waals surface area contributed by atoms with Crippen LogP contribution in [0.5, 0.6) is 0 Å². The standard InChI is InChI=1S/C13H17N5O/c1-2-15-13(19)9-3-4-12(11(14)7-9)16-8-10-5-6-17-18-10/h3-7,16H,2,8,14H2,1H3,(H,15,19)(H,17,18). The molecule has 2 rings (SSSR count). The third kappa shape index (κ3) is 3.25. The van der Waals surface area contributed by atoms with Gasteiger partial charge in [-0.1, -0.05) is 0 Å². The first kappa shape index (κ1) is 12.9. The van der Waals surface area contributed by atoms with Crippen molar-refractivity contribution in [3.8, 4) is 0 Å². The van der Waals surface area contributed by atoms with Crippen molar-refractivity contribution < 1.29 is 4.79 Å². The molecule has 6 nitrogen and oxygen atoms in total. The summed E-state index contributed by atoms with van der Waals surface area (Å²) in [4.78, 5) is 11.7. The van der Waals surface area contributed by atoms with E-state index in [9.17, 15) is 4.79 Å². The third-order valence-electron chi connectivity index (χ3n) is 2.68. The Morgan fingerprint density at radius 1 is 1.42 bits per heavy atom. The Morgan fingerprint density at radius 3 is 2.89 bits per heavy atom. The Labute approximate surface area is 111 Å². The van der Waals surface area contributed by atoms with Crippen LogP contribution in [0.4, 0.5) is 11.4 Å². The van der Waals surface area contributed by atoms with Crippen LogP contribution in [-0.2, 0) is 6.54 Å². The molecule has 0 unspecified atom stereocenters. The highest BCUT2D eigenvalue weighted by Gasteiger charge is 2.07. The molecule has 0 atom stereocenters. The van der Waals surface area contributed by atoms with E-state index in [4.69, 9.17) is 5.73 Å². The van der Waals surface area contributed by atoms with Crippen molar-refractivity contribution in [2.75, 3.05) is 17.6 Å². The lowest BCUT2D eigenvalue weighted by atomic mass is 10.1. The normalized spacial score (nSPS) is 10.2. The molecule has 2 aromatic rings. The van der Waals surface area contributed by atoms with Crippen molar-refractivity contribution in [1.82, 2.24) is 15.5 Å². The van der Waals surface area contributed by atoms with Crippen LogP contribution in [0.1, 0.15) is 23.0 Å². The number of aromatic nitrogens is 2. The zero-order valence-corrected chi connectivity index (χ0v) is 10.7. The summed E-state index contributed by atoms with van der Waals surface area (Å²) >= 11 is 0. The number of benzene rings is 1. The van der Waals surface area contributed by atoms with E-state index < -0.39 is 0 Å². The average molecular weight is 259 g/mol. The summed E-state index contributed by atoms with van der Waals surface area (Å²) in [5, 5.41) is 12.6. The minimum atomic E-state index is -0.116. The molecule has 5 N–H and O–H groups in total. The number of nitrogens with two attached hydrogens (primary N) is 1. The Bertz CT molecular complexity index is 550. The van der Waals surface area contributed by atoms with Crippen molar-refractivity contribution in [3.05, 3.63) is 41.7 Å². The number of nitrogens with zero attached hydrogens (tertiary/aromatic N) is 1. The molecule has 19 heavy (non-hydrogen) atoms. The van der Waals surface area contributed by atoms with Gasteiger partial charge in [0, 0.05) is 18.3 Å². The predicted molar refractivity (Wildman–Crippen MR) is 74.8 cm³/mol. The van der Waals surface area contributed by atoms with Crippen LogP contribution in [0.3, 0.4) is 0 Å². The Hall–Kier alpha value is -2.50. The van der Waals surface area contributed by atoms with Crippen LogP contribution in [0.2, 0.25) is 0 Å². The number of carbonyl (C=O) groups is 1. The molecule has 1 aromatic heterocycles. The second-order valence-corrected chi connectivity index (χ2v) is 4.10. The number of rotatable bonds is 5. The van der Waals surface area contributed by atoms with E-state index >= 15 is 0 Å². The number of hydrogen-bond acceptors (Lipinski definition) is 4. The number of hydrogen-bond donors (Lipinski definition) is 4. The Balaban J connectivity index is 2.04. The Kier molecular flexibility index (Phi) is 4.02. The molecule has 0 radical (unpaired) electrons. The predicted octanol–water partition coefficient (Wildman–Crippen LogP) is 1.35. The molecular weight excluding hydrogens is 242 g/mol. The molecule has 1 aromatic carbocycles. The summed E-state index contributed by atoms with van der Waals surface area (Å²) in [6.45, 7) is 3.07. The molecule has 0 bridgehead atoms. The molecule has 0 saturated heterocycles. The highest BCUT2D eigenvalue weighted by atomic mass is 16.1. The third-order valence-corrected chi connectivity index (χ3v) is 2.68. The largest absolute Gasteiger partial charge is 0.397 e. The van der Waals surface area contributed by atoms with Crippen molar-refractivity contribution in [3.63, 3.8) is 0 Å². The van der Waals surface area contributed by atoms with Crippen molar-refractivity contribution in [2.45, 2.75) is 13.5 Å². The van der Waals surface area contributed by atoms with Gasteiger partial charge >= 0.3 is 0 Å². The number of aromatic amines is 1. The van der Waals surface area contributed by atoms with Crippen LogP contribution in [0.15, 0.2) is 30.5 Å². The monoisotopic (exact) mass is 259 g/mol. The van der Waals surface area contributed by atoms with Gasteiger partial charge in [0.05, 0.1) is 23.6 Å². The van der Waals surface area contributed by atoms with Crippen LogP contribution in [0.25, 0.3) is 0 Å². The van der Waals surface area contributed by atoms with Gasteiger partial charge in [0.15, 0.2) is 0 Å². The lowest BCUT2D eigenvalue weighted by molar-refractivity contribution is 0.0956. The van der Waals surface area contributed by atoms with Crippen molar-refractivity contribution in [1.29, 1.82) is 0 Å². The zero-order valence-electron chi connectivity index (χ0n) is 10.7.